The van der Waals surface area contributed by atoms with Crippen LogP contribution in [0.2, 0.25) is 0 Å². The first-order valence-electron chi connectivity index (χ1n) is 44.6. The van der Waals surface area contributed by atoms with Crippen LogP contribution < -0.4 is 21.1 Å². The van der Waals surface area contributed by atoms with Gasteiger partial charge in [0.2, 0.25) is 11.8 Å². The van der Waals surface area contributed by atoms with Gasteiger partial charge >= 0.3 is 0 Å². The molecule has 0 saturated heterocycles. The Kier molecular flexibility index (Phi) is 60.7. The number of unbranched alkanes of at least 4 members (excludes halogenated alkanes) is 1. The summed E-state index contributed by atoms with van der Waals surface area (Å²) >= 11 is 0. The predicted molar refractivity (Wildman–Crippen MR) is 471 cm³/mol. The van der Waals surface area contributed by atoms with Crippen molar-refractivity contribution in [3.05, 3.63) is 125 Å². The predicted octanol–water partition coefficient (Wildman–Crippen LogP) is 9.21. The maximum atomic E-state index is 12.3. The van der Waals surface area contributed by atoms with E-state index >= 15 is 0 Å². The van der Waals surface area contributed by atoms with Crippen molar-refractivity contribution in [2.45, 2.75) is 63.2 Å². The molecule has 0 aromatic heterocycles. The Balaban J connectivity index is 0.802. The average Bonchev–Trinajstić information content (AvgIpc) is 1.56. The molecular weight excluding hydrogens is 1600 g/mol. The van der Waals surface area contributed by atoms with Crippen LogP contribution in [0.25, 0.3) is 44.5 Å². The van der Waals surface area contributed by atoms with E-state index in [2.05, 4.69) is 102 Å². The van der Waals surface area contributed by atoms with Gasteiger partial charge in [-0.2, -0.15) is 0 Å². The molecule has 2 aliphatic carbocycles. The van der Waals surface area contributed by atoms with Crippen molar-refractivity contribution in [2.75, 3.05) is 344 Å². The quantitative estimate of drug-likeness (QED) is 0.0299. The Hall–Kier alpha value is -6.16. The molecule has 0 heterocycles. The van der Waals surface area contributed by atoms with Crippen molar-refractivity contribution >= 4 is 11.8 Å². The second-order valence-corrected chi connectivity index (χ2v) is 29.0. The van der Waals surface area contributed by atoms with E-state index in [1.807, 2.05) is 12.1 Å². The summed E-state index contributed by atoms with van der Waals surface area (Å²) in [5, 5.41) is 5.61. The first-order valence-corrected chi connectivity index (χ1v) is 44.6. The number of nitrogens with two attached hydrogens (primary N) is 1. The Morgan fingerprint density at radius 3 is 0.903 bits per heavy atom. The van der Waals surface area contributed by atoms with E-state index in [9.17, 15) is 9.59 Å². The van der Waals surface area contributed by atoms with E-state index in [4.69, 9.17) is 124 Å². The normalized spacial score (nSPS) is 12.5. The molecule has 0 fully saturated rings. The summed E-state index contributed by atoms with van der Waals surface area (Å²) in [5.74, 6) is 0.446. The number of fused-ring (bicyclic) bond motifs is 6. The van der Waals surface area contributed by atoms with Crippen LogP contribution in [0.3, 0.4) is 0 Å². The minimum absolute atomic E-state index is 0.134. The number of hydrogen-bond acceptors (Lipinski definition) is 28. The van der Waals surface area contributed by atoms with Crippen LogP contribution in [0.4, 0.5) is 0 Å². The number of nitrogens with one attached hydrogen (secondary N) is 2. The Morgan fingerprint density at radius 2 is 0.565 bits per heavy atom. The van der Waals surface area contributed by atoms with Crippen LogP contribution in [-0.4, -0.2) is 356 Å². The van der Waals surface area contributed by atoms with Crippen LogP contribution in [0, 0.1) is 0 Å². The molecule has 5 aromatic carbocycles. The van der Waals surface area contributed by atoms with E-state index in [-0.39, 0.29) is 30.1 Å². The van der Waals surface area contributed by atoms with Crippen molar-refractivity contribution in [3.8, 4) is 50.3 Å². The lowest BCUT2D eigenvalue weighted by Crippen LogP contribution is -2.31. The van der Waals surface area contributed by atoms with Crippen LogP contribution in [-0.2, 0) is 135 Å². The highest BCUT2D eigenvalue weighted by Gasteiger charge is 2.43. The highest BCUT2D eigenvalue weighted by molar-refractivity contribution is 5.87. The molecule has 7 rings (SSSR count). The number of ether oxygens (including phenoxy) is 25. The molecule has 2 aliphatic rings. The van der Waals surface area contributed by atoms with Crippen LogP contribution >= 0.6 is 0 Å². The second-order valence-electron chi connectivity index (χ2n) is 29.0. The summed E-state index contributed by atoms with van der Waals surface area (Å²) < 4.78 is 141. The SMILES string of the molecule is COCCOCCOCCOCCOCCOCCOCCOCCOCCOCCOCCOCCCC1(CCCOCCOCCOCCOCCOCCOCCOCCOCCOCCOCCOCCOC)c2cc(-c3ccc(OCCCCNC(=O)CCC(=O)NCCN)cc3)ccc2-c2ccc(-c3ccc4c(c3)Cc3ccccc3-4)cc21. The molecule has 124 heavy (non-hydrogen) atoms. The Morgan fingerprint density at radius 1 is 0.282 bits per heavy atom. The molecule has 5 aromatic rings. The van der Waals surface area contributed by atoms with Crippen molar-refractivity contribution < 1.29 is 128 Å². The van der Waals surface area contributed by atoms with E-state index < -0.39 is 0 Å². The fourth-order valence-electron chi connectivity index (χ4n) is 13.7. The lowest BCUT2D eigenvalue weighted by molar-refractivity contribution is -0.126. The Bertz CT molecular complexity index is 3380. The Labute approximate surface area is 736 Å². The molecule has 2 amide bonds. The zero-order valence-corrected chi connectivity index (χ0v) is 74.1. The molecule has 0 atom stereocenters. The number of hydrogen-bond donors (Lipinski definition) is 3. The topological polar surface area (TPSA) is 315 Å². The fourth-order valence-corrected chi connectivity index (χ4v) is 13.7. The van der Waals surface area contributed by atoms with Gasteiger partial charge in [-0.1, -0.05) is 78.9 Å². The van der Waals surface area contributed by atoms with Gasteiger partial charge in [0, 0.05) is 65.3 Å². The summed E-state index contributed by atoms with van der Waals surface area (Å²) in [6.07, 6.45) is 5.99. The first kappa shape index (κ1) is 105. The van der Waals surface area contributed by atoms with E-state index in [1.165, 1.54) is 55.6 Å². The number of amides is 2. The molecule has 698 valence electrons. The summed E-state index contributed by atoms with van der Waals surface area (Å²) in [5.41, 5.74) is 20.1. The van der Waals surface area contributed by atoms with Crippen molar-refractivity contribution in [3.63, 3.8) is 0 Å². The zero-order valence-electron chi connectivity index (χ0n) is 74.1. The molecule has 0 bridgehead atoms. The van der Waals surface area contributed by atoms with Gasteiger partial charge in [0.25, 0.3) is 0 Å². The van der Waals surface area contributed by atoms with E-state index in [0.717, 1.165) is 61.8 Å². The number of benzene rings is 5. The van der Waals surface area contributed by atoms with Gasteiger partial charge in [-0.25, -0.2) is 0 Å². The van der Waals surface area contributed by atoms with Gasteiger partial charge in [0.1, 0.15) is 5.75 Å². The summed E-state index contributed by atoms with van der Waals surface area (Å²) in [6, 6.07) is 38.1. The monoisotopic (exact) mass is 1750 g/mol. The molecule has 0 unspecified atom stereocenters. The minimum Gasteiger partial charge on any atom is -0.494 e. The largest absolute Gasteiger partial charge is 0.494 e. The maximum Gasteiger partial charge on any atom is 0.220 e. The zero-order chi connectivity index (χ0) is 87.0. The van der Waals surface area contributed by atoms with Crippen molar-refractivity contribution in [2.24, 2.45) is 5.73 Å². The van der Waals surface area contributed by atoms with E-state index in [1.54, 1.807) is 14.2 Å². The average molecular weight is 1750 g/mol. The molecule has 0 radical (unpaired) electrons. The second kappa shape index (κ2) is 71.7. The molecule has 0 saturated carbocycles. The fraction of sp³-hybridized carbons (Fsp3) is 0.660. The lowest BCUT2D eigenvalue weighted by atomic mass is 9.70. The van der Waals surface area contributed by atoms with Crippen LogP contribution in [0.1, 0.15) is 73.6 Å². The summed E-state index contributed by atoms with van der Waals surface area (Å²) in [7, 11) is 3.29. The first-order chi connectivity index (χ1) is 61.4. The van der Waals surface area contributed by atoms with Crippen LogP contribution in [0.5, 0.6) is 5.75 Å². The summed E-state index contributed by atoms with van der Waals surface area (Å²) in [4.78, 5) is 24.3. The molecule has 0 aliphatic heterocycles. The lowest BCUT2D eigenvalue weighted by Gasteiger charge is -2.33. The molecule has 30 nitrogen and oxygen atoms in total. The third kappa shape index (κ3) is 46.2. The highest BCUT2D eigenvalue weighted by Crippen LogP contribution is 2.56. The third-order valence-corrected chi connectivity index (χ3v) is 20.0. The van der Waals surface area contributed by atoms with Gasteiger partial charge in [-0.05, 0) is 136 Å². The third-order valence-electron chi connectivity index (χ3n) is 20.0. The van der Waals surface area contributed by atoms with Gasteiger partial charge in [-0.3, -0.25) is 9.59 Å². The van der Waals surface area contributed by atoms with Crippen LogP contribution in [0.15, 0.2) is 103 Å². The molecule has 0 spiro atoms. The maximum absolute atomic E-state index is 12.3. The van der Waals surface area contributed by atoms with E-state index in [0.29, 0.717) is 330 Å². The van der Waals surface area contributed by atoms with Crippen molar-refractivity contribution in [1.29, 1.82) is 0 Å². The number of rotatable bonds is 87. The van der Waals surface area contributed by atoms with Gasteiger partial charge < -0.3 is 135 Å². The number of carbonyl (C=O) groups is 2. The highest BCUT2D eigenvalue weighted by atomic mass is 16.6. The number of methoxy groups -OCH3 is 2. The smallest absolute Gasteiger partial charge is 0.220 e. The van der Waals surface area contributed by atoms with Gasteiger partial charge in [0.15, 0.2) is 0 Å². The van der Waals surface area contributed by atoms with Gasteiger partial charge in [-0.15, -0.1) is 0 Å². The number of carbonyl (C=O) groups excluding carboxylic acids is 2. The molecule has 4 N–H and O–H groups in total. The van der Waals surface area contributed by atoms with Crippen molar-refractivity contribution in [1.82, 2.24) is 10.6 Å². The molecular formula is C94H145N3O27. The minimum atomic E-state index is -0.383. The standard InChI is InChI=1S/C94H145N3O27/c1-100-31-33-104-39-41-108-47-49-112-55-57-116-63-65-120-71-73-122-69-67-118-61-59-114-53-51-110-45-43-106-37-35-102-28-7-23-94(24-8-29-103-36-38-107-44-46-111-52-54-115-60-62-119-68-70-123-74-72-121-66-64-117-58-56-113-50-48-109-42-40-105-34-32-101-2)90-77-81(79-11-16-85(17-12-79)124-30-6-5-26-96-92(98)21-22-93(99)97-27-25-95)14-19-88(90)89-20-15-82(78-91(89)94)80-13-18-87-84(75-80)76-83-9-3-4-10-86(83)87/h3-4,9-20,75,77-78H,5-8,21-74,76,95H2,1-2H3,(H,96,98)(H,97,99). The van der Waals surface area contributed by atoms with Gasteiger partial charge in [0.05, 0.1) is 297 Å². The summed E-state index contributed by atoms with van der Waals surface area (Å²) in [6.45, 7) is 24.3. The molecule has 30 heteroatoms.